The third-order valence-corrected chi connectivity index (χ3v) is 3.85. The first-order chi connectivity index (χ1) is 10.7. The Morgan fingerprint density at radius 2 is 2.14 bits per heavy atom. The molecule has 0 spiro atoms. The van der Waals surface area contributed by atoms with Crippen molar-refractivity contribution in [1.29, 1.82) is 0 Å². The number of rotatable bonds is 3. The molecule has 0 unspecified atom stereocenters. The second-order valence-electron chi connectivity index (χ2n) is 5.50. The molecule has 0 radical (unpaired) electrons. The SMILES string of the molecule is COc1ccc(-c2cc(C(=O)N3CCN[C@H](C)C3)[nH]n2)cc1. The van der Waals surface area contributed by atoms with Crippen molar-refractivity contribution in [3.05, 3.63) is 36.0 Å². The summed E-state index contributed by atoms with van der Waals surface area (Å²) in [5, 5.41) is 10.4. The van der Waals surface area contributed by atoms with Crippen LogP contribution in [0.5, 0.6) is 5.75 Å². The van der Waals surface area contributed by atoms with Crippen LogP contribution in [0.25, 0.3) is 11.3 Å². The zero-order valence-corrected chi connectivity index (χ0v) is 12.8. The van der Waals surface area contributed by atoms with Gasteiger partial charge in [-0.1, -0.05) is 0 Å². The van der Waals surface area contributed by atoms with Crippen LogP contribution in [0.3, 0.4) is 0 Å². The van der Waals surface area contributed by atoms with Gasteiger partial charge in [0.1, 0.15) is 11.4 Å². The van der Waals surface area contributed by atoms with Crippen LogP contribution in [-0.2, 0) is 0 Å². The fraction of sp³-hybridized carbons (Fsp3) is 0.375. The van der Waals surface area contributed by atoms with Crippen molar-refractivity contribution in [2.75, 3.05) is 26.7 Å². The topological polar surface area (TPSA) is 70.2 Å². The van der Waals surface area contributed by atoms with E-state index in [1.807, 2.05) is 29.2 Å². The van der Waals surface area contributed by atoms with E-state index in [1.54, 1.807) is 13.2 Å². The second kappa shape index (κ2) is 6.19. The highest BCUT2D eigenvalue weighted by molar-refractivity contribution is 5.93. The molecule has 2 N–H and O–H groups in total. The summed E-state index contributed by atoms with van der Waals surface area (Å²) in [6, 6.07) is 9.73. The number of H-pyrrole nitrogens is 1. The van der Waals surface area contributed by atoms with E-state index in [0.29, 0.717) is 11.7 Å². The van der Waals surface area contributed by atoms with Crippen LogP contribution < -0.4 is 10.1 Å². The molecule has 0 saturated carbocycles. The van der Waals surface area contributed by atoms with Gasteiger partial charge in [-0.15, -0.1) is 0 Å². The van der Waals surface area contributed by atoms with Crippen LogP contribution in [0.1, 0.15) is 17.4 Å². The van der Waals surface area contributed by atoms with E-state index in [1.165, 1.54) is 0 Å². The summed E-state index contributed by atoms with van der Waals surface area (Å²) in [5.74, 6) is 0.797. The molecule has 6 heteroatoms. The van der Waals surface area contributed by atoms with Gasteiger partial charge in [0.15, 0.2) is 0 Å². The average Bonchev–Trinajstić information content (AvgIpc) is 3.04. The van der Waals surface area contributed by atoms with Gasteiger partial charge in [0.2, 0.25) is 0 Å². The summed E-state index contributed by atoms with van der Waals surface area (Å²) in [5.41, 5.74) is 2.24. The predicted octanol–water partition coefficient (Wildman–Crippen LogP) is 1.52. The van der Waals surface area contributed by atoms with E-state index in [2.05, 4.69) is 22.4 Å². The van der Waals surface area contributed by atoms with E-state index < -0.39 is 0 Å². The molecule has 22 heavy (non-hydrogen) atoms. The van der Waals surface area contributed by atoms with Crippen molar-refractivity contribution in [2.24, 2.45) is 0 Å². The number of ether oxygens (including phenoxy) is 1. The van der Waals surface area contributed by atoms with E-state index in [4.69, 9.17) is 4.74 Å². The number of nitrogens with zero attached hydrogens (tertiary/aromatic N) is 2. The molecule has 116 valence electrons. The molecular formula is C16H20N4O2. The van der Waals surface area contributed by atoms with Crippen LogP contribution in [0.4, 0.5) is 0 Å². The van der Waals surface area contributed by atoms with E-state index >= 15 is 0 Å². The first-order valence-electron chi connectivity index (χ1n) is 7.40. The summed E-state index contributed by atoms with van der Waals surface area (Å²) in [4.78, 5) is 14.4. The fourth-order valence-electron chi connectivity index (χ4n) is 2.63. The molecule has 2 aromatic rings. The van der Waals surface area contributed by atoms with Crippen LogP contribution in [-0.4, -0.2) is 53.8 Å². The predicted molar refractivity (Wildman–Crippen MR) is 83.9 cm³/mol. The van der Waals surface area contributed by atoms with E-state index in [0.717, 1.165) is 36.6 Å². The molecule has 1 aromatic heterocycles. The molecule has 1 aliphatic heterocycles. The maximum Gasteiger partial charge on any atom is 0.271 e. The van der Waals surface area contributed by atoms with Crippen LogP contribution in [0.15, 0.2) is 30.3 Å². The molecule has 1 atom stereocenters. The Balaban J connectivity index is 1.76. The number of carbonyl (C=O) groups is 1. The molecule has 1 saturated heterocycles. The Bertz CT molecular complexity index is 650. The summed E-state index contributed by atoms with van der Waals surface area (Å²) >= 11 is 0. The summed E-state index contributed by atoms with van der Waals surface area (Å²) in [6.45, 7) is 4.34. The third-order valence-electron chi connectivity index (χ3n) is 3.85. The van der Waals surface area contributed by atoms with Gasteiger partial charge in [-0.05, 0) is 37.3 Å². The molecule has 0 bridgehead atoms. The van der Waals surface area contributed by atoms with Crippen LogP contribution >= 0.6 is 0 Å². The van der Waals surface area contributed by atoms with Gasteiger partial charge in [-0.25, -0.2) is 0 Å². The molecule has 1 aromatic carbocycles. The van der Waals surface area contributed by atoms with Crippen molar-refractivity contribution in [2.45, 2.75) is 13.0 Å². The minimum absolute atomic E-state index is 0.000566. The van der Waals surface area contributed by atoms with Gasteiger partial charge >= 0.3 is 0 Å². The number of nitrogens with one attached hydrogen (secondary N) is 2. The van der Waals surface area contributed by atoms with Crippen molar-refractivity contribution in [1.82, 2.24) is 20.4 Å². The fourth-order valence-corrected chi connectivity index (χ4v) is 2.63. The monoisotopic (exact) mass is 300 g/mol. The molecule has 6 nitrogen and oxygen atoms in total. The van der Waals surface area contributed by atoms with Gasteiger partial charge in [0.25, 0.3) is 5.91 Å². The number of benzene rings is 1. The van der Waals surface area contributed by atoms with Crippen molar-refractivity contribution < 1.29 is 9.53 Å². The molecule has 2 heterocycles. The highest BCUT2D eigenvalue weighted by Crippen LogP contribution is 2.21. The molecule has 1 aliphatic rings. The minimum Gasteiger partial charge on any atom is -0.497 e. The largest absolute Gasteiger partial charge is 0.497 e. The maximum absolute atomic E-state index is 12.5. The summed E-state index contributed by atoms with van der Waals surface area (Å²) < 4.78 is 5.14. The van der Waals surface area contributed by atoms with Crippen molar-refractivity contribution >= 4 is 5.91 Å². The van der Waals surface area contributed by atoms with Crippen molar-refractivity contribution in [3.8, 4) is 17.0 Å². The Morgan fingerprint density at radius 1 is 1.36 bits per heavy atom. The normalized spacial score (nSPS) is 18.3. The lowest BCUT2D eigenvalue weighted by Crippen LogP contribution is -2.51. The van der Waals surface area contributed by atoms with E-state index in [9.17, 15) is 4.79 Å². The number of amides is 1. The Kier molecular flexibility index (Phi) is 4.11. The second-order valence-corrected chi connectivity index (χ2v) is 5.50. The minimum atomic E-state index is 0.000566. The Labute approximate surface area is 129 Å². The first kappa shape index (κ1) is 14.6. The molecule has 1 fully saturated rings. The van der Waals surface area contributed by atoms with Gasteiger partial charge in [0.05, 0.1) is 12.8 Å². The maximum atomic E-state index is 12.5. The Morgan fingerprint density at radius 3 is 2.82 bits per heavy atom. The highest BCUT2D eigenvalue weighted by atomic mass is 16.5. The number of aromatic amines is 1. The van der Waals surface area contributed by atoms with Crippen LogP contribution in [0.2, 0.25) is 0 Å². The van der Waals surface area contributed by atoms with Gasteiger partial charge in [0, 0.05) is 31.2 Å². The number of aromatic nitrogens is 2. The molecular weight excluding hydrogens is 280 g/mol. The van der Waals surface area contributed by atoms with E-state index in [-0.39, 0.29) is 5.91 Å². The first-order valence-corrected chi connectivity index (χ1v) is 7.40. The number of carbonyl (C=O) groups excluding carboxylic acids is 1. The lowest BCUT2D eigenvalue weighted by Gasteiger charge is -2.31. The Hall–Kier alpha value is -2.34. The number of methoxy groups -OCH3 is 1. The third kappa shape index (κ3) is 2.96. The van der Waals surface area contributed by atoms with Gasteiger partial charge in [-0.2, -0.15) is 5.10 Å². The quantitative estimate of drug-likeness (QED) is 0.901. The zero-order chi connectivity index (χ0) is 15.5. The summed E-state index contributed by atoms with van der Waals surface area (Å²) in [6.07, 6.45) is 0. The lowest BCUT2D eigenvalue weighted by molar-refractivity contribution is 0.0703. The van der Waals surface area contributed by atoms with Crippen LogP contribution in [0, 0.1) is 0 Å². The lowest BCUT2D eigenvalue weighted by atomic mass is 10.1. The zero-order valence-electron chi connectivity index (χ0n) is 12.8. The molecule has 1 amide bonds. The summed E-state index contributed by atoms with van der Waals surface area (Å²) in [7, 11) is 1.63. The number of hydrogen-bond donors (Lipinski definition) is 2. The smallest absolute Gasteiger partial charge is 0.271 e. The van der Waals surface area contributed by atoms with Gasteiger partial charge < -0.3 is 15.0 Å². The molecule has 0 aliphatic carbocycles. The number of piperazine rings is 1. The number of hydrogen-bond acceptors (Lipinski definition) is 4. The van der Waals surface area contributed by atoms with Gasteiger partial charge in [-0.3, -0.25) is 9.89 Å². The standard InChI is InChI=1S/C16H20N4O2/c1-11-10-20(8-7-17-11)16(21)15-9-14(18-19-15)12-3-5-13(22-2)6-4-12/h3-6,9,11,17H,7-8,10H2,1-2H3,(H,18,19)/t11-/m1/s1. The average molecular weight is 300 g/mol. The molecule has 3 rings (SSSR count). The highest BCUT2D eigenvalue weighted by Gasteiger charge is 2.23. The van der Waals surface area contributed by atoms with Crippen molar-refractivity contribution in [3.63, 3.8) is 0 Å².